The first-order chi connectivity index (χ1) is 26.2. The van der Waals surface area contributed by atoms with Crippen LogP contribution in [0.25, 0.3) is 108 Å². The molecule has 248 valence electrons. The molecule has 0 saturated carbocycles. The van der Waals surface area contributed by atoms with Gasteiger partial charge in [-0.05, 0) is 47.5 Å². The van der Waals surface area contributed by atoms with Gasteiger partial charge in [-0.15, -0.1) is 22.7 Å². The molecule has 0 amide bonds. The van der Waals surface area contributed by atoms with Crippen molar-refractivity contribution in [1.82, 2.24) is 19.9 Å². The fourth-order valence-corrected chi connectivity index (χ4v) is 9.54. The Morgan fingerprint density at radius 2 is 1.04 bits per heavy atom. The standard InChI is InChI=1S/C46H26N4OS2/c1-3-10-28(11-4-1)43-48-44(50-45(49-43)33-15-9-17-37-40(33)32-14-7-8-16-36(32)51-37)29-20-18-27(19-21-29)31-22-24-38-34(26-31)41-39(52-38)25-23-35-42(41)53-46(47-35)30-12-5-2-6-13-30/h1-26H. The molecule has 7 heteroatoms. The highest BCUT2D eigenvalue weighted by molar-refractivity contribution is 7.28. The maximum atomic E-state index is 6.21. The SMILES string of the molecule is c1ccc(-c2nc(-c3ccc(-c4ccc5sc6ccc7nc(-c8ccccc8)sc7c6c5c4)cc3)nc(-c3cccc4oc5ccccc5c34)n2)cc1. The number of furan rings is 1. The van der Waals surface area contributed by atoms with Crippen molar-refractivity contribution in [3.63, 3.8) is 0 Å². The van der Waals surface area contributed by atoms with Crippen LogP contribution in [0.1, 0.15) is 0 Å². The third-order valence-corrected chi connectivity index (χ3v) is 12.1. The third-order valence-electron chi connectivity index (χ3n) is 9.80. The van der Waals surface area contributed by atoms with Crippen LogP contribution < -0.4 is 0 Å². The van der Waals surface area contributed by atoms with Crippen molar-refractivity contribution in [3.8, 4) is 55.9 Å². The molecule has 11 aromatic rings. The van der Waals surface area contributed by atoms with Crippen LogP contribution in [-0.4, -0.2) is 19.9 Å². The molecule has 4 aromatic heterocycles. The molecule has 0 unspecified atom stereocenters. The van der Waals surface area contributed by atoms with E-state index in [2.05, 4.69) is 91.0 Å². The van der Waals surface area contributed by atoms with Gasteiger partial charge in [-0.3, -0.25) is 0 Å². The van der Waals surface area contributed by atoms with Gasteiger partial charge in [-0.25, -0.2) is 19.9 Å². The molecule has 0 fully saturated rings. The number of nitrogens with zero attached hydrogens (tertiary/aromatic N) is 4. The van der Waals surface area contributed by atoms with Crippen LogP contribution in [0.4, 0.5) is 0 Å². The fraction of sp³-hybridized carbons (Fsp3) is 0. The van der Waals surface area contributed by atoms with E-state index in [9.17, 15) is 0 Å². The molecule has 0 aliphatic heterocycles. The van der Waals surface area contributed by atoms with Crippen molar-refractivity contribution < 1.29 is 4.42 Å². The monoisotopic (exact) mass is 714 g/mol. The van der Waals surface area contributed by atoms with Crippen molar-refractivity contribution in [1.29, 1.82) is 0 Å². The maximum absolute atomic E-state index is 6.21. The van der Waals surface area contributed by atoms with Gasteiger partial charge in [0.2, 0.25) is 0 Å². The highest BCUT2D eigenvalue weighted by atomic mass is 32.1. The van der Waals surface area contributed by atoms with E-state index in [0.717, 1.165) is 65.8 Å². The van der Waals surface area contributed by atoms with Crippen LogP contribution in [0.2, 0.25) is 0 Å². The molecular weight excluding hydrogens is 689 g/mol. The Morgan fingerprint density at radius 3 is 1.85 bits per heavy atom. The minimum Gasteiger partial charge on any atom is -0.456 e. The summed E-state index contributed by atoms with van der Waals surface area (Å²) in [6.07, 6.45) is 0. The van der Waals surface area contributed by atoms with Gasteiger partial charge in [-0.1, -0.05) is 121 Å². The van der Waals surface area contributed by atoms with E-state index in [1.165, 1.54) is 24.9 Å². The van der Waals surface area contributed by atoms with Crippen LogP contribution >= 0.6 is 22.7 Å². The number of para-hydroxylation sites is 1. The largest absolute Gasteiger partial charge is 0.456 e. The number of rotatable bonds is 5. The van der Waals surface area contributed by atoms with Crippen molar-refractivity contribution in [2.75, 3.05) is 0 Å². The molecule has 4 heterocycles. The van der Waals surface area contributed by atoms with Crippen molar-refractivity contribution >= 4 is 75.0 Å². The van der Waals surface area contributed by atoms with Crippen molar-refractivity contribution in [2.24, 2.45) is 0 Å². The first-order valence-corrected chi connectivity index (χ1v) is 19.0. The number of hydrogen-bond acceptors (Lipinski definition) is 7. The average molecular weight is 715 g/mol. The second-order valence-corrected chi connectivity index (χ2v) is 15.1. The van der Waals surface area contributed by atoms with Gasteiger partial charge in [0, 0.05) is 53.2 Å². The van der Waals surface area contributed by atoms with Gasteiger partial charge >= 0.3 is 0 Å². The quantitative estimate of drug-likeness (QED) is 0.178. The maximum Gasteiger partial charge on any atom is 0.164 e. The molecule has 7 aromatic carbocycles. The lowest BCUT2D eigenvalue weighted by atomic mass is 10.0. The van der Waals surface area contributed by atoms with Crippen LogP contribution in [0.5, 0.6) is 0 Å². The van der Waals surface area contributed by atoms with E-state index in [4.69, 9.17) is 24.4 Å². The summed E-state index contributed by atoms with van der Waals surface area (Å²) in [5.74, 6) is 1.85. The number of benzene rings is 7. The lowest BCUT2D eigenvalue weighted by Crippen LogP contribution is -2.00. The summed E-state index contributed by atoms with van der Waals surface area (Å²) in [5, 5.41) is 5.63. The van der Waals surface area contributed by atoms with E-state index in [1.807, 2.05) is 78.1 Å². The van der Waals surface area contributed by atoms with Crippen LogP contribution in [0.3, 0.4) is 0 Å². The van der Waals surface area contributed by atoms with E-state index < -0.39 is 0 Å². The smallest absolute Gasteiger partial charge is 0.164 e. The molecule has 11 rings (SSSR count). The van der Waals surface area contributed by atoms with Gasteiger partial charge in [-0.2, -0.15) is 0 Å². The summed E-state index contributed by atoms with van der Waals surface area (Å²) in [6.45, 7) is 0. The Labute approximate surface area is 311 Å². The molecule has 5 nitrogen and oxygen atoms in total. The number of thiazole rings is 1. The second-order valence-electron chi connectivity index (χ2n) is 13.0. The second kappa shape index (κ2) is 12.0. The van der Waals surface area contributed by atoms with E-state index in [0.29, 0.717) is 17.5 Å². The first kappa shape index (κ1) is 30.1. The average Bonchev–Trinajstić information content (AvgIpc) is 3.94. The third kappa shape index (κ3) is 5.04. The Morgan fingerprint density at radius 1 is 0.396 bits per heavy atom. The summed E-state index contributed by atoms with van der Waals surface area (Å²) in [6, 6.07) is 54.4. The zero-order valence-corrected chi connectivity index (χ0v) is 29.7. The summed E-state index contributed by atoms with van der Waals surface area (Å²) in [4.78, 5) is 20.1. The normalized spacial score (nSPS) is 11.8. The highest BCUT2D eigenvalue weighted by Crippen LogP contribution is 2.44. The summed E-state index contributed by atoms with van der Waals surface area (Å²) < 4.78 is 10.00. The minimum absolute atomic E-state index is 0.606. The van der Waals surface area contributed by atoms with Gasteiger partial charge in [0.15, 0.2) is 17.5 Å². The summed E-state index contributed by atoms with van der Waals surface area (Å²) >= 11 is 3.61. The molecule has 0 atom stereocenters. The molecule has 0 aliphatic carbocycles. The number of hydrogen-bond donors (Lipinski definition) is 0. The van der Waals surface area contributed by atoms with Crippen LogP contribution in [0, 0.1) is 0 Å². The molecule has 0 N–H and O–H groups in total. The number of thiophene rings is 1. The predicted molar refractivity (Wildman–Crippen MR) is 220 cm³/mol. The predicted octanol–water partition coefficient (Wildman–Crippen LogP) is 13.1. The van der Waals surface area contributed by atoms with Gasteiger partial charge in [0.05, 0.1) is 10.2 Å². The Kier molecular flexibility index (Phi) is 6.83. The van der Waals surface area contributed by atoms with Crippen molar-refractivity contribution in [2.45, 2.75) is 0 Å². The lowest BCUT2D eigenvalue weighted by Gasteiger charge is -2.10. The molecule has 0 saturated heterocycles. The Hall–Kier alpha value is -6.54. The van der Waals surface area contributed by atoms with E-state index >= 15 is 0 Å². The highest BCUT2D eigenvalue weighted by Gasteiger charge is 2.18. The van der Waals surface area contributed by atoms with Gasteiger partial charge < -0.3 is 4.42 Å². The molecule has 0 radical (unpaired) electrons. The number of aromatic nitrogens is 4. The first-order valence-electron chi connectivity index (χ1n) is 17.4. The molecule has 0 spiro atoms. The zero-order chi connectivity index (χ0) is 34.9. The molecule has 53 heavy (non-hydrogen) atoms. The molecule has 0 bridgehead atoms. The zero-order valence-electron chi connectivity index (χ0n) is 28.0. The molecular formula is C46H26N4OS2. The van der Waals surface area contributed by atoms with E-state index in [1.54, 1.807) is 11.3 Å². The van der Waals surface area contributed by atoms with Gasteiger partial charge in [0.1, 0.15) is 16.2 Å². The van der Waals surface area contributed by atoms with Gasteiger partial charge in [0.25, 0.3) is 0 Å². The number of fused-ring (bicyclic) bond motifs is 8. The Balaban J connectivity index is 1.02. The van der Waals surface area contributed by atoms with E-state index in [-0.39, 0.29) is 0 Å². The Bertz CT molecular complexity index is 3160. The summed E-state index contributed by atoms with van der Waals surface area (Å²) in [5.41, 5.74) is 8.88. The van der Waals surface area contributed by atoms with Crippen molar-refractivity contribution in [3.05, 3.63) is 158 Å². The topological polar surface area (TPSA) is 64.7 Å². The lowest BCUT2D eigenvalue weighted by molar-refractivity contribution is 0.669. The minimum atomic E-state index is 0.606. The van der Waals surface area contributed by atoms with Crippen LogP contribution in [-0.2, 0) is 0 Å². The molecule has 0 aliphatic rings. The summed E-state index contributed by atoms with van der Waals surface area (Å²) in [7, 11) is 0. The van der Waals surface area contributed by atoms with Crippen LogP contribution in [0.15, 0.2) is 162 Å². The fourth-order valence-electron chi connectivity index (χ4n) is 7.25.